The van der Waals surface area contributed by atoms with Crippen LogP contribution in [0.3, 0.4) is 0 Å². The molecule has 0 aromatic carbocycles. The van der Waals surface area contributed by atoms with Gasteiger partial charge in [-0.1, -0.05) is 11.6 Å². The maximum absolute atomic E-state index is 12.3. The first kappa shape index (κ1) is 14.3. The summed E-state index contributed by atoms with van der Waals surface area (Å²) in [6.07, 6.45) is -3.33. The minimum Gasteiger partial charge on any atom is -0.395 e. The van der Waals surface area contributed by atoms with Crippen molar-refractivity contribution >= 4 is 29.0 Å². The van der Waals surface area contributed by atoms with Gasteiger partial charge in [-0.3, -0.25) is 0 Å². The number of halogens is 5. The van der Waals surface area contributed by atoms with Crippen LogP contribution in [0.15, 0.2) is 6.20 Å². The summed E-state index contributed by atoms with van der Waals surface area (Å²) in [5.74, 6) is -0.155. The first-order valence-electron chi connectivity index (χ1n) is 4.44. The lowest BCUT2D eigenvalue weighted by Crippen LogP contribution is -2.37. The van der Waals surface area contributed by atoms with Gasteiger partial charge >= 0.3 is 6.18 Å². The Hall–Kier alpha value is -0.790. The van der Waals surface area contributed by atoms with Gasteiger partial charge in [-0.2, -0.15) is 18.2 Å². The maximum atomic E-state index is 12.3. The fraction of sp³-hybridized carbons (Fsp3) is 0.500. The lowest BCUT2D eigenvalue weighted by atomic mass is 10.4. The largest absolute Gasteiger partial charge is 0.405 e. The van der Waals surface area contributed by atoms with E-state index in [0.717, 1.165) is 11.1 Å². The molecule has 1 N–H and O–H groups in total. The Morgan fingerprint density at radius 1 is 1.35 bits per heavy atom. The van der Waals surface area contributed by atoms with E-state index in [1.165, 1.54) is 0 Å². The molecule has 0 saturated carbocycles. The first-order valence-corrected chi connectivity index (χ1v) is 5.19. The quantitative estimate of drug-likeness (QED) is 0.863. The van der Waals surface area contributed by atoms with Crippen molar-refractivity contribution in [3.05, 3.63) is 16.5 Å². The van der Waals surface area contributed by atoms with E-state index in [-0.39, 0.29) is 22.7 Å². The Labute approximate surface area is 105 Å². The Bertz CT molecular complexity index is 389. The van der Waals surface area contributed by atoms with Crippen LogP contribution in [0.25, 0.3) is 0 Å². The zero-order chi connectivity index (χ0) is 13.1. The third-order valence-electron chi connectivity index (χ3n) is 1.74. The summed E-state index contributed by atoms with van der Waals surface area (Å²) in [6, 6.07) is 0. The minimum absolute atomic E-state index is 0.0629. The highest BCUT2D eigenvalue weighted by atomic mass is 35.5. The second-order valence-electron chi connectivity index (χ2n) is 3.07. The van der Waals surface area contributed by atoms with Crippen molar-refractivity contribution in [3.8, 4) is 0 Å². The molecule has 4 nitrogen and oxygen atoms in total. The Morgan fingerprint density at radius 2 is 2.00 bits per heavy atom. The average Bonchev–Trinajstić information content (AvgIpc) is 2.19. The van der Waals surface area contributed by atoms with Crippen LogP contribution >= 0.6 is 23.2 Å². The van der Waals surface area contributed by atoms with Crippen molar-refractivity contribution in [2.75, 3.05) is 24.6 Å². The van der Waals surface area contributed by atoms with Crippen LogP contribution in [-0.2, 0) is 0 Å². The fourth-order valence-electron chi connectivity index (χ4n) is 1.16. The topological polar surface area (TPSA) is 49.2 Å². The number of anilines is 1. The van der Waals surface area contributed by atoms with E-state index in [0.29, 0.717) is 0 Å². The van der Waals surface area contributed by atoms with Crippen molar-refractivity contribution in [1.29, 1.82) is 0 Å². The van der Waals surface area contributed by atoms with Crippen molar-refractivity contribution in [1.82, 2.24) is 9.97 Å². The van der Waals surface area contributed by atoms with E-state index in [2.05, 4.69) is 9.97 Å². The van der Waals surface area contributed by atoms with Crippen LogP contribution in [0.1, 0.15) is 0 Å². The molecule has 0 bridgehead atoms. The Kier molecular flexibility index (Phi) is 4.79. The zero-order valence-electron chi connectivity index (χ0n) is 8.38. The summed E-state index contributed by atoms with van der Waals surface area (Å²) in [7, 11) is 0. The molecule has 0 saturated heterocycles. The minimum atomic E-state index is -4.43. The summed E-state index contributed by atoms with van der Waals surface area (Å²) in [5.41, 5.74) is 0. The summed E-state index contributed by atoms with van der Waals surface area (Å²) >= 11 is 11.2. The summed E-state index contributed by atoms with van der Waals surface area (Å²) in [4.78, 5) is 7.93. The third kappa shape index (κ3) is 4.53. The molecule has 0 fully saturated rings. The molecule has 1 heterocycles. The number of nitrogens with zero attached hydrogens (tertiary/aromatic N) is 3. The average molecular weight is 290 g/mol. The van der Waals surface area contributed by atoms with Crippen LogP contribution < -0.4 is 4.90 Å². The number of aliphatic hydroxyl groups is 1. The molecular weight excluding hydrogens is 282 g/mol. The van der Waals surface area contributed by atoms with E-state index in [1.807, 2.05) is 0 Å². The van der Waals surface area contributed by atoms with Crippen molar-refractivity contribution in [2.45, 2.75) is 6.18 Å². The normalized spacial score (nSPS) is 11.6. The first-order chi connectivity index (χ1) is 7.83. The molecule has 9 heteroatoms. The predicted octanol–water partition coefficient (Wildman–Crippen LogP) is 2.14. The van der Waals surface area contributed by atoms with Crippen LogP contribution in [-0.4, -0.2) is 40.9 Å². The predicted molar refractivity (Wildman–Crippen MR) is 57.4 cm³/mol. The highest BCUT2D eigenvalue weighted by molar-refractivity contribution is 6.33. The number of aliphatic hydroxyl groups excluding tert-OH is 1. The molecule has 96 valence electrons. The van der Waals surface area contributed by atoms with Gasteiger partial charge in [-0.15, -0.1) is 0 Å². The molecule has 0 aliphatic carbocycles. The van der Waals surface area contributed by atoms with Gasteiger partial charge in [-0.25, -0.2) is 4.98 Å². The van der Waals surface area contributed by atoms with Gasteiger partial charge in [0, 0.05) is 6.54 Å². The Balaban J connectivity index is 3.00. The second-order valence-corrected chi connectivity index (χ2v) is 3.82. The van der Waals surface area contributed by atoms with Crippen molar-refractivity contribution < 1.29 is 18.3 Å². The van der Waals surface area contributed by atoms with Gasteiger partial charge in [0.05, 0.1) is 12.8 Å². The SMILES string of the molecule is OCCN(CC(F)(F)F)c1nc(Cl)ncc1Cl. The van der Waals surface area contributed by atoms with Gasteiger partial charge in [0.15, 0.2) is 5.82 Å². The lowest BCUT2D eigenvalue weighted by Gasteiger charge is -2.24. The molecule has 0 atom stereocenters. The molecule has 1 rings (SSSR count). The molecule has 17 heavy (non-hydrogen) atoms. The summed E-state index contributed by atoms with van der Waals surface area (Å²) < 4.78 is 36.9. The summed E-state index contributed by atoms with van der Waals surface area (Å²) in [5, 5.41) is 8.45. The fourth-order valence-corrected chi connectivity index (χ4v) is 1.50. The lowest BCUT2D eigenvalue weighted by molar-refractivity contribution is -0.119. The second kappa shape index (κ2) is 5.70. The molecule has 0 spiro atoms. The molecule has 0 aliphatic rings. The summed E-state index contributed by atoms with van der Waals surface area (Å²) in [6.45, 7) is -2.00. The van der Waals surface area contributed by atoms with E-state index >= 15 is 0 Å². The number of rotatable bonds is 4. The standard InChI is InChI=1S/C8H8Cl2F3N3O/c9-5-3-14-7(10)15-6(5)16(1-2-17)4-8(11,12)13/h3,17H,1-2,4H2. The molecule has 0 unspecified atom stereocenters. The molecule has 1 aromatic heterocycles. The van der Waals surface area contributed by atoms with Gasteiger partial charge in [-0.05, 0) is 11.6 Å². The number of hydrogen-bond acceptors (Lipinski definition) is 4. The van der Waals surface area contributed by atoms with Crippen LogP contribution in [0.2, 0.25) is 10.3 Å². The van der Waals surface area contributed by atoms with E-state index in [4.69, 9.17) is 28.3 Å². The smallest absolute Gasteiger partial charge is 0.395 e. The molecule has 0 radical (unpaired) electrons. The highest BCUT2D eigenvalue weighted by Gasteiger charge is 2.32. The number of hydrogen-bond donors (Lipinski definition) is 1. The molecule has 0 aliphatic heterocycles. The molecular formula is C8H8Cl2F3N3O. The van der Waals surface area contributed by atoms with E-state index in [1.54, 1.807) is 0 Å². The monoisotopic (exact) mass is 289 g/mol. The van der Waals surface area contributed by atoms with E-state index < -0.39 is 19.3 Å². The third-order valence-corrected chi connectivity index (χ3v) is 2.18. The number of alkyl halides is 3. The van der Waals surface area contributed by atoms with Crippen molar-refractivity contribution in [3.63, 3.8) is 0 Å². The van der Waals surface area contributed by atoms with E-state index in [9.17, 15) is 13.2 Å². The zero-order valence-corrected chi connectivity index (χ0v) is 9.89. The maximum Gasteiger partial charge on any atom is 0.405 e. The van der Waals surface area contributed by atoms with Gasteiger partial charge < -0.3 is 10.0 Å². The van der Waals surface area contributed by atoms with Gasteiger partial charge in [0.25, 0.3) is 0 Å². The van der Waals surface area contributed by atoms with Gasteiger partial charge in [0.1, 0.15) is 11.6 Å². The van der Waals surface area contributed by atoms with Crippen LogP contribution in [0.4, 0.5) is 19.0 Å². The highest BCUT2D eigenvalue weighted by Crippen LogP contribution is 2.27. The molecule has 0 amide bonds. The van der Waals surface area contributed by atoms with Gasteiger partial charge in [0.2, 0.25) is 5.28 Å². The Morgan fingerprint density at radius 3 is 2.53 bits per heavy atom. The number of aromatic nitrogens is 2. The van der Waals surface area contributed by atoms with Crippen LogP contribution in [0.5, 0.6) is 0 Å². The van der Waals surface area contributed by atoms with Crippen molar-refractivity contribution in [2.24, 2.45) is 0 Å². The molecule has 1 aromatic rings. The van der Waals surface area contributed by atoms with Crippen LogP contribution in [0, 0.1) is 0 Å².